The predicted molar refractivity (Wildman–Crippen MR) is 116 cm³/mol. The van der Waals surface area contributed by atoms with Gasteiger partial charge in [-0.15, -0.1) is 0 Å². The molecular formula is C22H19Br2NO2. The second kappa shape index (κ2) is 8.28. The summed E-state index contributed by atoms with van der Waals surface area (Å²) in [6, 6.07) is 15.0. The number of halogens is 2. The molecule has 0 fully saturated rings. The standard InChI is InChI=1S/C22H19Br2NO2/c1-13(2)16-11-15(27-22-18(23)7-6-8-19(22)24)12-17(21(16)26)14(3)20-9-4-5-10-25-20/h4-13,26H,3H2,1-2H3. The summed E-state index contributed by atoms with van der Waals surface area (Å²) in [6.45, 7) is 8.20. The van der Waals surface area contributed by atoms with Gasteiger partial charge in [-0.2, -0.15) is 0 Å². The van der Waals surface area contributed by atoms with Gasteiger partial charge in [0.1, 0.15) is 11.5 Å². The zero-order valence-electron chi connectivity index (χ0n) is 15.0. The highest BCUT2D eigenvalue weighted by atomic mass is 79.9. The molecule has 0 saturated carbocycles. The van der Waals surface area contributed by atoms with E-state index in [9.17, 15) is 5.11 Å². The number of nitrogens with zero attached hydrogens (tertiary/aromatic N) is 1. The Labute approximate surface area is 176 Å². The third-order valence-corrected chi connectivity index (χ3v) is 5.42. The normalized spacial score (nSPS) is 10.9. The number of phenolic OH excluding ortho intramolecular Hbond substituents is 1. The molecule has 1 heterocycles. The Morgan fingerprint density at radius 3 is 2.37 bits per heavy atom. The molecule has 2 aromatic carbocycles. The molecule has 1 aromatic heterocycles. The summed E-state index contributed by atoms with van der Waals surface area (Å²) in [7, 11) is 0. The molecule has 0 aliphatic rings. The highest BCUT2D eigenvalue weighted by molar-refractivity contribution is 9.11. The number of aromatic hydroxyl groups is 1. The summed E-state index contributed by atoms with van der Waals surface area (Å²) in [5, 5.41) is 10.8. The Hall–Kier alpha value is -2.11. The Morgan fingerprint density at radius 2 is 1.78 bits per heavy atom. The van der Waals surface area contributed by atoms with E-state index >= 15 is 0 Å². The minimum atomic E-state index is 0.117. The van der Waals surface area contributed by atoms with Crippen LogP contribution in [0.3, 0.4) is 0 Å². The van der Waals surface area contributed by atoms with Crippen LogP contribution in [0, 0.1) is 0 Å². The minimum absolute atomic E-state index is 0.117. The molecule has 0 bridgehead atoms. The molecule has 3 nitrogen and oxygen atoms in total. The second-order valence-corrected chi connectivity index (χ2v) is 8.12. The summed E-state index contributed by atoms with van der Waals surface area (Å²) in [5.74, 6) is 1.62. The lowest BCUT2D eigenvalue weighted by molar-refractivity contribution is 0.451. The molecule has 138 valence electrons. The molecule has 1 N–H and O–H groups in total. The van der Waals surface area contributed by atoms with Gasteiger partial charge in [-0.1, -0.05) is 32.6 Å². The number of rotatable bonds is 5. The topological polar surface area (TPSA) is 42.4 Å². The monoisotopic (exact) mass is 487 g/mol. The van der Waals surface area contributed by atoms with Crippen molar-refractivity contribution in [3.05, 3.63) is 87.1 Å². The van der Waals surface area contributed by atoms with Crippen LogP contribution in [0.4, 0.5) is 0 Å². The fraction of sp³-hybridized carbons (Fsp3) is 0.136. The Bertz CT molecular complexity index is 965. The van der Waals surface area contributed by atoms with E-state index < -0.39 is 0 Å². The van der Waals surface area contributed by atoms with Crippen molar-refractivity contribution >= 4 is 37.4 Å². The van der Waals surface area contributed by atoms with Crippen molar-refractivity contribution < 1.29 is 9.84 Å². The molecular weight excluding hydrogens is 470 g/mol. The van der Waals surface area contributed by atoms with Crippen molar-refractivity contribution in [2.45, 2.75) is 19.8 Å². The van der Waals surface area contributed by atoms with E-state index in [1.807, 2.05) is 56.3 Å². The molecule has 0 aliphatic heterocycles. The smallest absolute Gasteiger partial charge is 0.155 e. The third-order valence-electron chi connectivity index (χ3n) is 4.17. The van der Waals surface area contributed by atoms with Crippen molar-refractivity contribution in [2.24, 2.45) is 0 Å². The quantitative estimate of drug-likeness (QED) is 0.410. The van der Waals surface area contributed by atoms with Crippen LogP contribution in [-0.2, 0) is 0 Å². The average molecular weight is 489 g/mol. The lowest BCUT2D eigenvalue weighted by atomic mass is 9.94. The molecule has 0 spiro atoms. The van der Waals surface area contributed by atoms with Gasteiger partial charge in [-0.25, -0.2) is 0 Å². The van der Waals surface area contributed by atoms with Crippen LogP contribution in [0.5, 0.6) is 17.2 Å². The zero-order valence-corrected chi connectivity index (χ0v) is 18.2. The first-order chi connectivity index (χ1) is 12.9. The highest BCUT2D eigenvalue weighted by Gasteiger charge is 2.18. The molecule has 0 atom stereocenters. The molecule has 0 saturated heterocycles. The van der Waals surface area contributed by atoms with Crippen molar-refractivity contribution in [1.82, 2.24) is 4.98 Å². The van der Waals surface area contributed by atoms with Gasteiger partial charge >= 0.3 is 0 Å². The lowest BCUT2D eigenvalue weighted by Crippen LogP contribution is -1.98. The van der Waals surface area contributed by atoms with Crippen LogP contribution in [0.2, 0.25) is 0 Å². The SMILES string of the molecule is C=C(c1ccccn1)c1cc(Oc2c(Br)cccc2Br)cc(C(C)C)c1O. The fourth-order valence-electron chi connectivity index (χ4n) is 2.74. The molecule has 0 aliphatic carbocycles. The Kier molecular flexibility index (Phi) is 6.02. The molecule has 5 heteroatoms. The van der Waals surface area contributed by atoms with Crippen LogP contribution < -0.4 is 4.74 Å². The molecule has 3 aromatic rings. The van der Waals surface area contributed by atoms with Gasteiger partial charge in [-0.05, 0) is 74.2 Å². The van der Waals surface area contributed by atoms with Gasteiger partial charge in [0, 0.05) is 22.9 Å². The van der Waals surface area contributed by atoms with Crippen molar-refractivity contribution in [3.8, 4) is 17.2 Å². The van der Waals surface area contributed by atoms with Crippen LogP contribution in [0.25, 0.3) is 5.57 Å². The van der Waals surface area contributed by atoms with Crippen molar-refractivity contribution in [3.63, 3.8) is 0 Å². The number of pyridine rings is 1. The van der Waals surface area contributed by atoms with Gasteiger partial charge in [0.05, 0.1) is 14.6 Å². The largest absolute Gasteiger partial charge is 0.507 e. The summed E-state index contributed by atoms with van der Waals surface area (Å²) in [5.41, 5.74) is 2.76. The van der Waals surface area contributed by atoms with Crippen molar-refractivity contribution in [1.29, 1.82) is 0 Å². The number of hydrogen-bond donors (Lipinski definition) is 1. The number of benzene rings is 2. The molecule has 0 unspecified atom stereocenters. The number of aromatic nitrogens is 1. The van der Waals surface area contributed by atoms with E-state index in [1.165, 1.54) is 0 Å². The van der Waals surface area contributed by atoms with Gasteiger partial charge in [0.2, 0.25) is 0 Å². The molecule has 0 amide bonds. The van der Waals surface area contributed by atoms with E-state index in [0.29, 0.717) is 28.3 Å². The Balaban J connectivity index is 2.10. The Morgan fingerprint density at radius 1 is 1.07 bits per heavy atom. The van der Waals surface area contributed by atoms with E-state index in [4.69, 9.17) is 4.74 Å². The van der Waals surface area contributed by atoms with Gasteiger partial charge in [0.25, 0.3) is 0 Å². The molecule has 3 rings (SSSR count). The first kappa shape index (κ1) is 19.6. The van der Waals surface area contributed by atoms with Crippen LogP contribution in [0.1, 0.15) is 36.6 Å². The van der Waals surface area contributed by atoms with Crippen LogP contribution in [-0.4, -0.2) is 10.1 Å². The van der Waals surface area contributed by atoms with Gasteiger partial charge in [-0.3, -0.25) is 4.98 Å². The van der Waals surface area contributed by atoms with E-state index in [-0.39, 0.29) is 11.7 Å². The average Bonchev–Trinajstić information content (AvgIpc) is 2.65. The van der Waals surface area contributed by atoms with E-state index in [1.54, 1.807) is 12.3 Å². The highest BCUT2D eigenvalue weighted by Crippen LogP contribution is 2.42. The maximum absolute atomic E-state index is 10.8. The lowest BCUT2D eigenvalue weighted by Gasteiger charge is -2.18. The van der Waals surface area contributed by atoms with Crippen molar-refractivity contribution in [2.75, 3.05) is 0 Å². The fourth-order valence-corrected chi connectivity index (χ4v) is 3.90. The maximum Gasteiger partial charge on any atom is 0.155 e. The van der Waals surface area contributed by atoms with Gasteiger partial charge in [0.15, 0.2) is 5.75 Å². The van der Waals surface area contributed by atoms with E-state index in [2.05, 4.69) is 43.4 Å². The summed E-state index contributed by atoms with van der Waals surface area (Å²) >= 11 is 7.04. The number of hydrogen-bond acceptors (Lipinski definition) is 3. The number of para-hydroxylation sites is 1. The van der Waals surface area contributed by atoms with Crippen LogP contribution >= 0.6 is 31.9 Å². The number of ether oxygens (including phenoxy) is 1. The predicted octanol–water partition coefficient (Wildman–Crippen LogP) is 7.29. The van der Waals surface area contributed by atoms with Crippen LogP contribution in [0.15, 0.2) is 70.3 Å². The third kappa shape index (κ3) is 4.25. The second-order valence-electron chi connectivity index (χ2n) is 6.41. The summed E-state index contributed by atoms with van der Waals surface area (Å²) < 4.78 is 7.81. The first-order valence-electron chi connectivity index (χ1n) is 8.48. The molecule has 0 radical (unpaired) electrons. The minimum Gasteiger partial charge on any atom is -0.507 e. The summed E-state index contributed by atoms with van der Waals surface area (Å²) in [6.07, 6.45) is 1.71. The number of phenols is 1. The maximum atomic E-state index is 10.8. The zero-order chi connectivity index (χ0) is 19.6. The first-order valence-corrected chi connectivity index (χ1v) is 10.1. The summed E-state index contributed by atoms with van der Waals surface area (Å²) in [4.78, 5) is 4.35. The van der Waals surface area contributed by atoms with Gasteiger partial charge < -0.3 is 9.84 Å². The molecule has 27 heavy (non-hydrogen) atoms. The van der Waals surface area contributed by atoms with E-state index in [0.717, 1.165) is 14.5 Å².